The maximum absolute atomic E-state index is 12.3. The highest BCUT2D eigenvalue weighted by Crippen LogP contribution is 2.42. The van der Waals surface area contributed by atoms with Crippen molar-refractivity contribution in [1.82, 2.24) is 4.90 Å². The first-order valence-corrected chi connectivity index (χ1v) is 7.07. The van der Waals surface area contributed by atoms with Crippen LogP contribution in [0.1, 0.15) is 25.0 Å². The second-order valence-corrected chi connectivity index (χ2v) is 5.33. The van der Waals surface area contributed by atoms with Crippen molar-refractivity contribution in [3.63, 3.8) is 0 Å². The molecule has 1 aromatic carbocycles. The van der Waals surface area contributed by atoms with Crippen molar-refractivity contribution < 1.29 is 23.8 Å². The first kappa shape index (κ1) is 16.5. The van der Waals surface area contributed by atoms with Gasteiger partial charge >= 0.3 is 11.9 Å². The van der Waals surface area contributed by atoms with Crippen molar-refractivity contribution in [2.75, 3.05) is 21.3 Å². The van der Waals surface area contributed by atoms with Gasteiger partial charge in [0.1, 0.15) is 6.10 Å². The molecule has 2 rings (SSSR count). The Hall–Kier alpha value is -1.92. The molecule has 22 heavy (non-hydrogen) atoms. The van der Waals surface area contributed by atoms with E-state index >= 15 is 0 Å². The predicted octanol–water partition coefficient (Wildman–Crippen LogP) is 1.51. The molecular weight excluding hydrogens is 286 g/mol. The average Bonchev–Trinajstić information content (AvgIpc) is 2.80. The van der Waals surface area contributed by atoms with E-state index in [9.17, 15) is 9.59 Å². The number of ether oxygens (including phenoxy) is 3. The van der Waals surface area contributed by atoms with Crippen LogP contribution in [0.4, 0.5) is 0 Å². The zero-order chi connectivity index (χ0) is 16.3. The average molecular weight is 307 g/mol. The van der Waals surface area contributed by atoms with Crippen molar-refractivity contribution in [3.8, 4) is 0 Å². The molecule has 1 aromatic rings. The van der Waals surface area contributed by atoms with Gasteiger partial charge < -0.3 is 14.2 Å². The minimum absolute atomic E-state index is 0.105. The Morgan fingerprint density at radius 2 is 1.86 bits per heavy atom. The Bertz CT molecular complexity index is 547. The molecule has 0 aliphatic carbocycles. The van der Waals surface area contributed by atoms with Crippen LogP contribution in [0.3, 0.4) is 0 Å². The van der Waals surface area contributed by atoms with Gasteiger partial charge in [0, 0.05) is 6.04 Å². The second kappa shape index (κ2) is 6.46. The summed E-state index contributed by atoms with van der Waals surface area (Å²) in [5.41, 5.74) is -0.528. The summed E-state index contributed by atoms with van der Waals surface area (Å²) >= 11 is 0. The van der Waals surface area contributed by atoms with E-state index in [-0.39, 0.29) is 18.6 Å². The molecule has 1 saturated heterocycles. The Labute approximate surface area is 129 Å². The minimum Gasteiger partial charge on any atom is -0.469 e. The first-order valence-electron chi connectivity index (χ1n) is 7.07. The molecule has 0 saturated carbocycles. The van der Waals surface area contributed by atoms with Crippen LogP contribution >= 0.6 is 0 Å². The highest BCUT2D eigenvalue weighted by Gasteiger charge is 2.57. The zero-order valence-electron chi connectivity index (χ0n) is 13.2. The number of rotatable bonds is 4. The lowest BCUT2D eigenvalue weighted by Crippen LogP contribution is -2.53. The van der Waals surface area contributed by atoms with Crippen molar-refractivity contribution in [2.45, 2.75) is 31.2 Å². The number of carbonyl (C=O) groups excluding carboxylic acids is 2. The maximum Gasteiger partial charge on any atom is 0.354 e. The van der Waals surface area contributed by atoms with Gasteiger partial charge in [-0.2, -0.15) is 0 Å². The number of esters is 2. The van der Waals surface area contributed by atoms with Crippen LogP contribution in [0, 0.1) is 0 Å². The van der Waals surface area contributed by atoms with Crippen LogP contribution in [0.15, 0.2) is 30.3 Å². The largest absolute Gasteiger partial charge is 0.469 e. The van der Waals surface area contributed by atoms with Gasteiger partial charge in [-0.1, -0.05) is 30.3 Å². The lowest BCUT2D eigenvalue weighted by Gasteiger charge is -2.31. The summed E-state index contributed by atoms with van der Waals surface area (Å²) in [4.78, 5) is 25.8. The van der Waals surface area contributed by atoms with Crippen LogP contribution in [0.5, 0.6) is 0 Å². The van der Waals surface area contributed by atoms with Crippen molar-refractivity contribution in [3.05, 3.63) is 35.9 Å². The van der Waals surface area contributed by atoms with E-state index in [0.29, 0.717) is 0 Å². The number of methoxy groups -OCH3 is 2. The number of nitrogens with zero attached hydrogens (tertiary/aromatic N) is 1. The standard InChI is InChI=1S/C16H21NO5/c1-11-14(12-8-6-5-7-9-12)22-16(17(11)2,15(19)21-4)10-13(18)20-3/h5-9,11,14H,10H2,1-4H3/t11-,14-,16?/m0/s1. The van der Waals surface area contributed by atoms with Gasteiger partial charge in [-0.3, -0.25) is 9.69 Å². The van der Waals surface area contributed by atoms with Gasteiger partial charge in [0.2, 0.25) is 5.72 Å². The van der Waals surface area contributed by atoms with Gasteiger partial charge in [-0.05, 0) is 19.5 Å². The van der Waals surface area contributed by atoms with Crippen molar-refractivity contribution >= 4 is 11.9 Å². The molecule has 0 spiro atoms. The first-order chi connectivity index (χ1) is 10.5. The summed E-state index contributed by atoms with van der Waals surface area (Å²) in [7, 11) is 4.30. The molecule has 6 heteroatoms. The summed E-state index contributed by atoms with van der Waals surface area (Å²) in [5, 5.41) is 0. The summed E-state index contributed by atoms with van der Waals surface area (Å²) in [6.45, 7) is 1.94. The Kier molecular flexibility index (Phi) is 4.83. The fourth-order valence-corrected chi connectivity index (χ4v) is 2.77. The van der Waals surface area contributed by atoms with Gasteiger partial charge in [-0.25, -0.2) is 4.79 Å². The molecule has 1 unspecified atom stereocenters. The van der Waals surface area contributed by atoms with Crippen LogP contribution in [-0.4, -0.2) is 49.9 Å². The molecular formula is C16H21NO5. The molecule has 1 heterocycles. The van der Waals surface area contributed by atoms with E-state index in [1.54, 1.807) is 11.9 Å². The van der Waals surface area contributed by atoms with E-state index in [2.05, 4.69) is 0 Å². The smallest absolute Gasteiger partial charge is 0.354 e. The molecule has 0 radical (unpaired) electrons. The monoisotopic (exact) mass is 307 g/mol. The minimum atomic E-state index is -1.47. The van der Waals surface area contributed by atoms with Crippen LogP contribution in [0.25, 0.3) is 0 Å². The van der Waals surface area contributed by atoms with E-state index in [1.807, 2.05) is 37.3 Å². The molecule has 120 valence electrons. The number of hydrogen-bond acceptors (Lipinski definition) is 6. The van der Waals surface area contributed by atoms with Crippen LogP contribution < -0.4 is 0 Å². The van der Waals surface area contributed by atoms with Gasteiger partial charge in [0.25, 0.3) is 0 Å². The van der Waals surface area contributed by atoms with E-state index < -0.39 is 17.7 Å². The highest BCUT2D eigenvalue weighted by molar-refractivity contribution is 5.85. The topological polar surface area (TPSA) is 65.1 Å². The third-order valence-electron chi connectivity index (χ3n) is 4.18. The lowest BCUT2D eigenvalue weighted by atomic mass is 10.0. The third kappa shape index (κ3) is 2.71. The van der Waals surface area contributed by atoms with Crippen LogP contribution in [0.2, 0.25) is 0 Å². The third-order valence-corrected chi connectivity index (χ3v) is 4.18. The molecule has 1 aliphatic rings. The number of likely N-dealkylation sites (N-methyl/N-ethyl adjacent to an activating group) is 1. The zero-order valence-corrected chi connectivity index (χ0v) is 13.2. The van der Waals surface area contributed by atoms with Gasteiger partial charge in [0.05, 0.1) is 20.6 Å². The highest BCUT2D eigenvalue weighted by atomic mass is 16.6. The van der Waals surface area contributed by atoms with Gasteiger partial charge in [-0.15, -0.1) is 0 Å². The summed E-state index contributed by atoms with van der Waals surface area (Å²) in [6, 6.07) is 9.48. The molecule has 3 atom stereocenters. The molecule has 0 aromatic heterocycles. The van der Waals surface area contributed by atoms with Crippen molar-refractivity contribution in [2.24, 2.45) is 0 Å². The maximum atomic E-state index is 12.3. The molecule has 0 bridgehead atoms. The summed E-state index contributed by atoms with van der Waals surface area (Å²) in [6.07, 6.45) is -0.560. The van der Waals surface area contributed by atoms with Crippen LogP contribution in [-0.2, 0) is 23.8 Å². The number of benzene rings is 1. The number of hydrogen-bond donors (Lipinski definition) is 0. The molecule has 0 amide bonds. The Balaban J connectivity index is 2.38. The molecule has 6 nitrogen and oxygen atoms in total. The fraction of sp³-hybridized carbons (Fsp3) is 0.500. The number of carbonyl (C=O) groups is 2. The van der Waals surface area contributed by atoms with E-state index in [4.69, 9.17) is 14.2 Å². The predicted molar refractivity (Wildman–Crippen MR) is 78.9 cm³/mol. The lowest BCUT2D eigenvalue weighted by molar-refractivity contribution is -0.189. The van der Waals surface area contributed by atoms with Gasteiger partial charge in [0.15, 0.2) is 0 Å². The quantitative estimate of drug-likeness (QED) is 0.786. The Morgan fingerprint density at radius 1 is 1.23 bits per heavy atom. The SMILES string of the molecule is COC(=O)CC1(C(=O)OC)O[C@H](c2ccccc2)[C@H](C)N1C. The van der Waals surface area contributed by atoms with E-state index in [1.165, 1.54) is 14.2 Å². The summed E-state index contributed by atoms with van der Waals surface area (Å²) < 4.78 is 15.6. The Morgan fingerprint density at radius 3 is 2.41 bits per heavy atom. The van der Waals surface area contributed by atoms with Crippen molar-refractivity contribution in [1.29, 1.82) is 0 Å². The fourth-order valence-electron chi connectivity index (χ4n) is 2.77. The molecule has 0 N–H and O–H groups in total. The summed E-state index contributed by atoms with van der Waals surface area (Å²) in [5.74, 6) is -1.14. The molecule has 1 aliphatic heterocycles. The normalized spacial score (nSPS) is 28.4. The van der Waals surface area contributed by atoms with E-state index in [0.717, 1.165) is 5.56 Å². The molecule has 1 fully saturated rings. The second-order valence-electron chi connectivity index (χ2n) is 5.33.